The summed E-state index contributed by atoms with van der Waals surface area (Å²) in [5.74, 6) is -0.317. The number of carbonyl (C=O) groups is 2. The van der Waals surface area contributed by atoms with Gasteiger partial charge in [-0.25, -0.2) is 0 Å². The minimum absolute atomic E-state index is 0.0981. The summed E-state index contributed by atoms with van der Waals surface area (Å²) in [6.07, 6.45) is 0.371. The van der Waals surface area contributed by atoms with Gasteiger partial charge in [0.15, 0.2) is 0 Å². The number of piperazine rings is 1. The molecule has 0 radical (unpaired) electrons. The van der Waals surface area contributed by atoms with E-state index >= 15 is 0 Å². The molecule has 3 N–H and O–H groups in total. The normalized spacial score (nSPS) is 20.5. The van der Waals surface area contributed by atoms with E-state index in [1.54, 1.807) is 4.90 Å². The highest BCUT2D eigenvalue weighted by molar-refractivity contribution is 5.83. The number of hydrogen-bond acceptors (Lipinski definition) is 4. The fourth-order valence-corrected chi connectivity index (χ4v) is 3.13. The zero-order chi connectivity index (χ0) is 17.5. The summed E-state index contributed by atoms with van der Waals surface area (Å²) in [6, 6.07) is 8.43. The van der Waals surface area contributed by atoms with Gasteiger partial charge in [-0.2, -0.15) is 0 Å². The summed E-state index contributed by atoms with van der Waals surface area (Å²) in [4.78, 5) is 25.9. The van der Waals surface area contributed by atoms with Gasteiger partial charge in [-0.3, -0.25) is 9.59 Å². The van der Waals surface area contributed by atoms with E-state index in [-0.39, 0.29) is 11.8 Å². The molecule has 2 rings (SSSR count). The average molecular weight is 333 g/mol. The Labute approximate surface area is 143 Å². The van der Waals surface area contributed by atoms with Crippen molar-refractivity contribution in [3.05, 3.63) is 35.9 Å². The van der Waals surface area contributed by atoms with Crippen molar-refractivity contribution in [1.29, 1.82) is 0 Å². The molecule has 0 saturated carbocycles. The predicted octanol–water partition coefficient (Wildman–Crippen LogP) is 0.305. The minimum atomic E-state index is -0.985. The molecule has 1 fully saturated rings. The van der Waals surface area contributed by atoms with Gasteiger partial charge < -0.3 is 20.6 Å². The third-order valence-corrected chi connectivity index (χ3v) is 4.26. The monoisotopic (exact) mass is 333 g/mol. The van der Waals surface area contributed by atoms with Gasteiger partial charge in [-0.15, -0.1) is 0 Å². The van der Waals surface area contributed by atoms with Crippen LogP contribution in [0.1, 0.15) is 25.8 Å². The molecule has 0 aliphatic carbocycles. The molecule has 24 heavy (non-hydrogen) atoms. The Hall–Kier alpha value is -1.92. The number of rotatable bonds is 7. The first kappa shape index (κ1) is 18.4. The van der Waals surface area contributed by atoms with Crippen molar-refractivity contribution in [2.24, 2.45) is 0 Å². The van der Waals surface area contributed by atoms with Crippen LogP contribution < -0.4 is 10.6 Å². The topological polar surface area (TPSA) is 81.7 Å². The van der Waals surface area contributed by atoms with E-state index < -0.39 is 18.2 Å². The van der Waals surface area contributed by atoms with E-state index in [2.05, 4.69) is 10.6 Å². The third kappa shape index (κ3) is 4.79. The number of carbonyl (C=O) groups excluding carboxylic acids is 2. The van der Waals surface area contributed by atoms with Gasteiger partial charge in [0.25, 0.3) is 0 Å². The van der Waals surface area contributed by atoms with Crippen LogP contribution in [0.3, 0.4) is 0 Å². The molecule has 6 heteroatoms. The lowest BCUT2D eigenvalue weighted by Crippen LogP contribution is -2.64. The summed E-state index contributed by atoms with van der Waals surface area (Å²) in [7, 11) is 0. The second kappa shape index (κ2) is 8.80. The lowest BCUT2D eigenvalue weighted by atomic mass is 9.94. The molecule has 2 amide bonds. The molecule has 3 atom stereocenters. The molecule has 1 heterocycles. The van der Waals surface area contributed by atoms with E-state index in [9.17, 15) is 14.7 Å². The van der Waals surface area contributed by atoms with Crippen LogP contribution in [-0.4, -0.2) is 59.6 Å². The number of amides is 2. The van der Waals surface area contributed by atoms with Gasteiger partial charge in [0, 0.05) is 26.6 Å². The summed E-state index contributed by atoms with van der Waals surface area (Å²) < 4.78 is 0. The van der Waals surface area contributed by atoms with Gasteiger partial charge in [-0.1, -0.05) is 37.3 Å². The molecule has 0 bridgehead atoms. The zero-order valence-electron chi connectivity index (χ0n) is 14.4. The number of aliphatic hydroxyl groups excluding tert-OH is 1. The number of nitrogens with one attached hydrogen (secondary N) is 2. The third-order valence-electron chi connectivity index (χ3n) is 4.26. The van der Waals surface area contributed by atoms with Gasteiger partial charge in [0.2, 0.25) is 11.8 Å². The van der Waals surface area contributed by atoms with Crippen molar-refractivity contribution in [3.63, 3.8) is 0 Å². The average Bonchev–Trinajstić information content (AvgIpc) is 2.56. The molecule has 1 aliphatic heterocycles. The van der Waals surface area contributed by atoms with Crippen LogP contribution in [0.4, 0.5) is 0 Å². The summed E-state index contributed by atoms with van der Waals surface area (Å²) >= 11 is 0. The molecular formula is C18H27N3O3. The van der Waals surface area contributed by atoms with E-state index in [4.69, 9.17) is 0 Å². The highest BCUT2D eigenvalue weighted by Crippen LogP contribution is 2.13. The highest BCUT2D eigenvalue weighted by atomic mass is 16.3. The molecule has 1 saturated heterocycles. The summed E-state index contributed by atoms with van der Waals surface area (Å²) in [5, 5.41) is 16.7. The number of benzene rings is 1. The quantitative estimate of drug-likeness (QED) is 0.671. The van der Waals surface area contributed by atoms with Gasteiger partial charge >= 0.3 is 0 Å². The predicted molar refractivity (Wildman–Crippen MR) is 92.4 cm³/mol. The van der Waals surface area contributed by atoms with Crippen molar-refractivity contribution in [3.8, 4) is 0 Å². The van der Waals surface area contributed by atoms with Gasteiger partial charge in [0.05, 0.1) is 12.1 Å². The molecule has 1 aromatic rings. The van der Waals surface area contributed by atoms with E-state index in [0.29, 0.717) is 26.1 Å². The lowest BCUT2D eigenvalue weighted by Gasteiger charge is -2.37. The first-order chi connectivity index (χ1) is 11.5. The summed E-state index contributed by atoms with van der Waals surface area (Å²) in [5.41, 5.74) is 1.00. The molecule has 132 valence electrons. The van der Waals surface area contributed by atoms with Crippen molar-refractivity contribution in [1.82, 2.24) is 15.5 Å². The van der Waals surface area contributed by atoms with Crippen LogP contribution >= 0.6 is 0 Å². The Morgan fingerprint density at radius 1 is 1.42 bits per heavy atom. The van der Waals surface area contributed by atoms with Crippen LogP contribution in [0.15, 0.2) is 30.3 Å². The smallest absolute Gasteiger partial charge is 0.242 e. The second-order valence-electron chi connectivity index (χ2n) is 6.24. The first-order valence-electron chi connectivity index (χ1n) is 8.54. The maximum atomic E-state index is 12.6. The molecule has 6 nitrogen and oxygen atoms in total. The minimum Gasteiger partial charge on any atom is -0.389 e. The molecule has 1 aliphatic rings. The van der Waals surface area contributed by atoms with Crippen molar-refractivity contribution in [2.45, 2.75) is 44.9 Å². The maximum Gasteiger partial charge on any atom is 0.242 e. The number of nitrogens with zero attached hydrogens (tertiary/aromatic N) is 1. The van der Waals surface area contributed by atoms with Gasteiger partial charge in [0.1, 0.15) is 6.04 Å². The van der Waals surface area contributed by atoms with E-state index in [1.165, 1.54) is 6.92 Å². The maximum absolute atomic E-state index is 12.6. The first-order valence-corrected chi connectivity index (χ1v) is 8.54. The molecule has 0 unspecified atom stereocenters. The van der Waals surface area contributed by atoms with E-state index in [1.807, 2.05) is 37.3 Å². The van der Waals surface area contributed by atoms with Crippen LogP contribution in [-0.2, 0) is 16.0 Å². The Kier molecular flexibility index (Phi) is 6.75. The SMILES string of the molecule is CCCN1CCN[C@@H]([C@@H](O)[C@H](Cc2ccccc2)NC(C)=O)C1=O. The fraction of sp³-hybridized carbons (Fsp3) is 0.556. The van der Waals surface area contributed by atoms with Crippen LogP contribution in [0, 0.1) is 0 Å². The Balaban J connectivity index is 2.12. The molecule has 0 spiro atoms. The Morgan fingerprint density at radius 3 is 2.75 bits per heavy atom. The van der Waals surface area contributed by atoms with Crippen molar-refractivity contribution < 1.29 is 14.7 Å². The Morgan fingerprint density at radius 2 is 2.12 bits per heavy atom. The van der Waals surface area contributed by atoms with Crippen LogP contribution in [0.5, 0.6) is 0 Å². The van der Waals surface area contributed by atoms with Crippen molar-refractivity contribution in [2.75, 3.05) is 19.6 Å². The van der Waals surface area contributed by atoms with Crippen molar-refractivity contribution >= 4 is 11.8 Å². The zero-order valence-corrected chi connectivity index (χ0v) is 14.4. The second-order valence-corrected chi connectivity index (χ2v) is 6.24. The van der Waals surface area contributed by atoms with Crippen LogP contribution in [0.25, 0.3) is 0 Å². The molecular weight excluding hydrogens is 306 g/mol. The lowest BCUT2D eigenvalue weighted by molar-refractivity contribution is -0.140. The van der Waals surface area contributed by atoms with Gasteiger partial charge in [-0.05, 0) is 18.4 Å². The molecule has 0 aromatic heterocycles. The Bertz CT molecular complexity index is 548. The standard InChI is InChI=1S/C18H27N3O3/c1-3-10-21-11-9-19-16(18(21)24)17(23)15(20-13(2)22)12-14-7-5-4-6-8-14/h4-8,15-17,19,23H,3,9-12H2,1-2H3,(H,20,22)/t15-,16-,17-/m0/s1. The summed E-state index contributed by atoms with van der Waals surface area (Å²) in [6.45, 7) is 5.43. The highest BCUT2D eigenvalue weighted by Gasteiger charge is 2.37. The molecule has 1 aromatic carbocycles. The van der Waals surface area contributed by atoms with E-state index in [0.717, 1.165) is 12.0 Å². The largest absolute Gasteiger partial charge is 0.389 e. The number of hydrogen-bond donors (Lipinski definition) is 3. The number of aliphatic hydroxyl groups is 1. The van der Waals surface area contributed by atoms with Crippen LogP contribution in [0.2, 0.25) is 0 Å². The fourth-order valence-electron chi connectivity index (χ4n) is 3.13.